The SMILES string of the molecule is CC(C)CCCC(C)CCc1ccc(-c2cc3sc4c(ccc5c6sc(-c7ccc(CCC(C)CCCC(C)C)s7)cc6sc54)c3s2)s1. The number of aryl methyl sites for hydroxylation is 2. The predicted molar refractivity (Wildman–Crippen MR) is 227 cm³/mol. The molecular formula is C42H50S6. The van der Waals surface area contributed by atoms with Crippen LogP contribution in [0.25, 0.3) is 58.5 Å². The first-order valence-electron chi connectivity index (χ1n) is 18.2. The topological polar surface area (TPSA) is 0 Å². The van der Waals surface area contributed by atoms with Gasteiger partial charge in [-0.05, 0) is 85.8 Å². The third-order valence-corrected chi connectivity index (χ3v) is 17.7. The van der Waals surface area contributed by atoms with E-state index in [1.54, 1.807) is 9.75 Å². The van der Waals surface area contributed by atoms with Crippen molar-refractivity contribution in [2.75, 3.05) is 0 Å². The Labute approximate surface area is 311 Å². The lowest BCUT2D eigenvalue weighted by Crippen LogP contribution is -1.98. The molecule has 0 N–H and O–H groups in total. The van der Waals surface area contributed by atoms with Crippen LogP contribution in [-0.4, -0.2) is 0 Å². The minimum Gasteiger partial charge on any atom is -0.139 e. The Morgan fingerprint density at radius 2 is 0.854 bits per heavy atom. The summed E-state index contributed by atoms with van der Waals surface area (Å²) >= 11 is 12.0. The minimum absolute atomic E-state index is 0.820. The zero-order chi connectivity index (χ0) is 33.4. The van der Waals surface area contributed by atoms with E-state index in [2.05, 4.69) is 90.1 Å². The summed E-state index contributed by atoms with van der Waals surface area (Å²) in [7, 11) is 0. The first-order valence-corrected chi connectivity index (χ1v) is 23.1. The van der Waals surface area contributed by atoms with Crippen molar-refractivity contribution in [3.63, 3.8) is 0 Å². The van der Waals surface area contributed by atoms with Gasteiger partial charge in [-0.15, -0.1) is 68.0 Å². The molecule has 0 aliphatic carbocycles. The van der Waals surface area contributed by atoms with Crippen LogP contribution in [0.15, 0.2) is 48.5 Å². The highest BCUT2D eigenvalue weighted by molar-refractivity contribution is 7.40. The first kappa shape index (κ1) is 34.9. The third-order valence-electron chi connectivity index (χ3n) is 9.95. The number of hydrogen-bond donors (Lipinski definition) is 0. The summed E-state index contributed by atoms with van der Waals surface area (Å²) in [5, 5.41) is 2.89. The van der Waals surface area contributed by atoms with E-state index in [1.165, 1.54) is 123 Å². The Morgan fingerprint density at radius 1 is 0.417 bits per heavy atom. The van der Waals surface area contributed by atoms with Gasteiger partial charge in [-0.2, -0.15) is 0 Å². The van der Waals surface area contributed by atoms with Gasteiger partial charge >= 0.3 is 0 Å². The Bertz CT molecular complexity index is 1950. The Kier molecular flexibility index (Phi) is 11.2. The summed E-state index contributed by atoms with van der Waals surface area (Å²) in [4.78, 5) is 8.85. The average Bonchev–Trinajstić information content (AvgIpc) is 3.88. The first-order chi connectivity index (χ1) is 23.2. The van der Waals surface area contributed by atoms with Gasteiger partial charge in [0.2, 0.25) is 0 Å². The molecule has 7 aromatic rings. The van der Waals surface area contributed by atoms with Gasteiger partial charge in [0, 0.05) is 49.4 Å². The van der Waals surface area contributed by atoms with Crippen LogP contribution in [0.4, 0.5) is 0 Å². The second-order valence-electron chi connectivity index (χ2n) is 15.1. The second kappa shape index (κ2) is 15.4. The van der Waals surface area contributed by atoms with Gasteiger partial charge in [-0.25, -0.2) is 0 Å². The molecule has 6 aromatic heterocycles. The molecule has 0 fully saturated rings. The van der Waals surface area contributed by atoms with E-state index in [1.807, 2.05) is 68.0 Å². The molecule has 0 bridgehead atoms. The fourth-order valence-corrected chi connectivity index (χ4v) is 14.5. The molecule has 0 saturated carbocycles. The lowest BCUT2D eigenvalue weighted by atomic mass is 9.96. The molecule has 254 valence electrons. The van der Waals surface area contributed by atoms with Crippen LogP contribution in [0.5, 0.6) is 0 Å². The zero-order valence-corrected chi connectivity index (χ0v) is 34.3. The van der Waals surface area contributed by atoms with Crippen LogP contribution >= 0.6 is 68.0 Å². The lowest BCUT2D eigenvalue weighted by molar-refractivity contribution is 0.437. The normalized spacial score (nSPS) is 13.8. The maximum absolute atomic E-state index is 2.47. The van der Waals surface area contributed by atoms with Crippen molar-refractivity contribution in [3.8, 4) is 19.5 Å². The van der Waals surface area contributed by atoms with Crippen molar-refractivity contribution in [1.29, 1.82) is 0 Å². The van der Waals surface area contributed by atoms with E-state index in [9.17, 15) is 0 Å². The highest BCUT2D eigenvalue weighted by Crippen LogP contribution is 2.51. The van der Waals surface area contributed by atoms with Crippen LogP contribution in [0.1, 0.15) is 103 Å². The lowest BCUT2D eigenvalue weighted by Gasteiger charge is -2.11. The molecule has 0 radical (unpaired) electrons. The third kappa shape index (κ3) is 7.85. The van der Waals surface area contributed by atoms with Crippen molar-refractivity contribution >= 4 is 107 Å². The van der Waals surface area contributed by atoms with Gasteiger partial charge in [0.25, 0.3) is 0 Å². The summed E-state index contributed by atoms with van der Waals surface area (Å²) in [6, 6.07) is 19.3. The van der Waals surface area contributed by atoms with E-state index in [-0.39, 0.29) is 0 Å². The van der Waals surface area contributed by atoms with E-state index < -0.39 is 0 Å². The number of fused-ring (bicyclic) bond motifs is 7. The van der Waals surface area contributed by atoms with Gasteiger partial charge in [-0.1, -0.05) is 92.2 Å². The van der Waals surface area contributed by atoms with E-state index in [0.717, 1.165) is 23.7 Å². The van der Waals surface area contributed by atoms with Crippen LogP contribution in [0.2, 0.25) is 0 Å². The van der Waals surface area contributed by atoms with Crippen LogP contribution in [0, 0.1) is 23.7 Å². The number of benzene rings is 1. The van der Waals surface area contributed by atoms with Crippen LogP contribution in [0.3, 0.4) is 0 Å². The molecule has 0 nitrogen and oxygen atoms in total. The van der Waals surface area contributed by atoms with Gasteiger partial charge in [0.05, 0.1) is 18.8 Å². The Morgan fingerprint density at radius 3 is 1.27 bits per heavy atom. The molecule has 2 unspecified atom stereocenters. The average molecular weight is 747 g/mol. The highest BCUT2D eigenvalue weighted by atomic mass is 32.1. The molecule has 0 saturated heterocycles. The molecule has 7 rings (SSSR count). The molecule has 0 spiro atoms. The summed E-state index contributed by atoms with van der Waals surface area (Å²) in [6.07, 6.45) is 13.3. The fraction of sp³-hybridized carbons (Fsp3) is 0.476. The van der Waals surface area contributed by atoms with E-state index in [0.29, 0.717) is 0 Å². The smallest absolute Gasteiger partial charge is 0.0542 e. The maximum atomic E-state index is 2.47. The summed E-state index contributed by atoms with van der Waals surface area (Å²) in [6.45, 7) is 14.2. The van der Waals surface area contributed by atoms with Crippen LogP contribution in [-0.2, 0) is 12.8 Å². The fourth-order valence-electron chi connectivity index (χ4n) is 6.97. The number of hydrogen-bond acceptors (Lipinski definition) is 6. The van der Waals surface area contributed by atoms with Gasteiger partial charge in [0.1, 0.15) is 0 Å². The van der Waals surface area contributed by atoms with Gasteiger partial charge < -0.3 is 0 Å². The molecule has 1 aromatic carbocycles. The zero-order valence-electron chi connectivity index (χ0n) is 29.4. The molecule has 6 heterocycles. The van der Waals surface area contributed by atoms with Crippen molar-refractivity contribution in [2.45, 2.75) is 106 Å². The monoisotopic (exact) mass is 746 g/mol. The predicted octanol–water partition coefficient (Wildman–Crippen LogP) is 16.8. The summed E-state index contributed by atoms with van der Waals surface area (Å²) < 4.78 is 8.80. The number of rotatable bonds is 16. The maximum Gasteiger partial charge on any atom is 0.0542 e. The molecule has 0 aliphatic rings. The van der Waals surface area contributed by atoms with Crippen molar-refractivity contribution in [1.82, 2.24) is 0 Å². The minimum atomic E-state index is 0.820. The molecule has 0 amide bonds. The summed E-state index contributed by atoms with van der Waals surface area (Å²) in [5.41, 5.74) is 0. The van der Waals surface area contributed by atoms with E-state index >= 15 is 0 Å². The molecular weight excluding hydrogens is 697 g/mol. The molecule has 0 aliphatic heterocycles. The number of thiophene rings is 6. The molecule has 48 heavy (non-hydrogen) atoms. The van der Waals surface area contributed by atoms with Crippen molar-refractivity contribution < 1.29 is 0 Å². The Balaban J connectivity index is 1.03. The summed E-state index contributed by atoms with van der Waals surface area (Å²) in [5.74, 6) is 3.30. The van der Waals surface area contributed by atoms with Crippen molar-refractivity contribution in [2.24, 2.45) is 23.7 Å². The molecule has 6 heteroatoms. The molecule has 2 atom stereocenters. The quantitative estimate of drug-likeness (QED) is 0.0924. The van der Waals surface area contributed by atoms with Gasteiger partial charge in [0.15, 0.2) is 0 Å². The van der Waals surface area contributed by atoms with E-state index in [4.69, 9.17) is 0 Å². The Hall–Kier alpha value is -1.54. The largest absolute Gasteiger partial charge is 0.139 e. The van der Waals surface area contributed by atoms with Crippen molar-refractivity contribution in [3.05, 3.63) is 58.3 Å². The standard InChI is InChI=1S/C42H50S6/c1-25(2)9-7-11-27(5)13-15-29-17-21-33(43-29)35-23-37-39(45-35)31-19-20-32-40-38(48-42(32)41(31)47-37)24-36(46-40)34-22-18-30(44-34)16-14-28(6)12-8-10-26(3)4/h17-28H,7-16H2,1-6H3. The highest BCUT2D eigenvalue weighted by Gasteiger charge is 2.19. The van der Waals surface area contributed by atoms with Crippen LogP contribution < -0.4 is 0 Å². The van der Waals surface area contributed by atoms with Gasteiger partial charge in [-0.3, -0.25) is 0 Å². The second-order valence-corrected chi connectivity index (χ2v) is 21.6.